The molecular weight excluding hydrogens is 918 g/mol. The maximum atomic E-state index is 13.4. The molecule has 4 aliphatic rings. The number of benzene rings is 4. The van der Waals surface area contributed by atoms with Crippen molar-refractivity contribution in [2.45, 2.75) is 110 Å². The molecule has 65 heavy (non-hydrogen) atoms. The van der Waals surface area contributed by atoms with E-state index < -0.39 is 43.5 Å². The van der Waals surface area contributed by atoms with Gasteiger partial charge in [0.05, 0.1) is 35.1 Å². The summed E-state index contributed by atoms with van der Waals surface area (Å²) in [6.07, 6.45) is -3.37. The van der Waals surface area contributed by atoms with Gasteiger partial charge in [-0.15, -0.1) is 11.6 Å². The van der Waals surface area contributed by atoms with Gasteiger partial charge < -0.3 is 14.8 Å². The van der Waals surface area contributed by atoms with E-state index in [0.717, 1.165) is 117 Å². The number of alkyl halides is 7. The Morgan fingerprint density at radius 1 is 0.585 bits per heavy atom. The Kier molecular flexibility index (Phi) is 16.9. The summed E-state index contributed by atoms with van der Waals surface area (Å²) < 4.78 is 144. The van der Waals surface area contributed by atoms with Crippen LogP contribution in [-0.4, -0.2) is 94.9 Å². The Balaban J connectivity index is 0.000000184. The summed E-state index contributed by atoms with van der Waals surface area (Å²) in [7, 11) is -4.65. The monoisotopic (exact) mass is 972 g/mol. The molecule has 0 atom stereocenters. The van der Waals surface area contributed by atoms with Crippen LogP contribution in [0.5, 0.6) is 11.5 Å². The van der Waals surface area contributed by atoms with Gasteiger partial charge in [0.1, 0.15) is 11.5 Å². The van der Waals surface area contributed by atoms with Gasteiger partial charge >= 0.3 is 12.4 Å². The highest BCUT2D eigenvalue weighted by molar-refractivity contribution is 7.89. The summed E-state index contributed by atoms with van der Waals surface area (Å²) in [6.45, 7) is 3.69. The standard InChI is InChI=1S/C23H27F3N2O3S.C15H19F3N2O2S.C8H9ClO/c1-31-21-9-5-17(6-10-21)16-27-13-11-20(12-14-27)28(19-7-8-19)32(29,30)22-4-2-3-18(15-22)23(24,25)26;16-15(17,18)11-2-1-3-14(10-11)23(21,22)20(12-4-5-12)13-6-8-19-9-7-13;1-10-8-4-2-7(6-9)3-5-8/h2-6,9-10,15,19-20H,7-8,11-14,16H2,1H3;1-3,10,12-13,19H,4-9H2;2-5H,6H2,1H3. The van der Waals surface area contributed by atoms with E-state index in [-0.39, 0.29) is 34.0 Å². The van der Waals surface area contributed by atoms with Crippen LogP contribution in [0.15, 0.2) is 107 Å². The molecule has 2 aliphatic carbocycles. The minimum absolute atomic E-state index is 0.0716. The Bertz CT molecular complexity index is 2350. The van der Waals surface area contributed by atoms with E-state index in [1.54, 1.807) is 14.2 Å². The average molecular weight is 974 g/mol. The normalized spacial score (nSPS) is 18.1. The highest BCUT2D eigenvalue weighted by Crippen LogP contribution is 2.40. The van der Waals surface area contributed by atoms with Crippen molar-refractivity contribution in [2.75, 3.05) is 40.4 Å². The largest absolute Gasteiger partial charge is 0.497 e. The van der Waals surface area contributed by atoms with Crippen LogP contribution in [0.4, 0.5) is 26.3 Å². The number of likely N-dealkylation sites (tertiary alicyclic amines) is 1. The minimum atomic E-state index is -4.58. The third kappa shape index (κ3) is 13.6. The second kappa shape index (κ2) is 21.8. The van der Waals surface area contributed by atoms with Crippen molar-refractivity contribution in [3.8, 4) is 11.5 Å². The molecule has 19 heteroatoms. The number of piperidine rings is 2. The summed E-state index contributed by atoms with van der Waals surface area (Å²) in [6, 6.07) is 23.2. The van der Waals surface area contributed by atoms with Gasteiger partial charge in [0.25, 0.3) is 0 Å². The van der Waals surface area contributed by atoms with Crippen LogP contribution in [0.1, 0.15) is 73.6 Å². The first-order valence-corrected chi connectivity index (χ1v) is 24.9. The van der Waals surface area contributed by atoms with Gasteiger partial charge in [0, 0.05) is 49.7 Å². The van der Waals surface area contributed by atoms with Crippen LogP contribution in [0.25, 0.3) is 0 Å². The zero-order chi connectivity index (χ0) is 47.0. The van der Waals surface area contributed by atoms with Gasteiger partial charge in [0.15, 0.2) is 0 Å². The predicted molar refractivity (Wildman–Crippen MR) is 237 cm³/mol. The summed E-state index contributed by atoms with van der Waals surface area (Å²) in [5.41, 5.74) is 0.394. The maximum Gasteiger partial charge on any atom is 0.416 e. The molecule has 356 valence electrons. The molecule has 2 saturated carbocycles. The van der Waals surface area contributed by atoms with E-state index in [1.165, 1.54) is 20.7 Å². The zero-order valence-corrected chi connectivity index (χ0v) is 38.6. The number of nitrogens with one attached hydrogen (secondary N) is 1. The number of hydrogen-bond donors (Lipinski definition) is 1. The lowest BCUT2D eigenvalue weighted by molar-refractivity contribution is -0.138. The van der Waals surface area contributed by atoms with Gasteiger partial charge in [-0.2, -0.15) is 35.0 Å². The van der Waals surface area contributed by atoms with Gasteiger partial charge in [-0.1, -0.05) is 36.4 Å². The lowest BCUT2D eigenvalue weighted by atomic mass is 10.0. The molecule has 1 N–H and O–H groups in total. The topological polar surface area (TPSA) is 108 Å². The van der Waals surface area contributed by atoms with Crippen molar-refractivity contribution in [2.24, 2.45) is 0 Å². The molecule has 2 saturated heterocycles. The van der Waals surface area contributed by atoms with Crippen LogP contribution in [0.3, 0.4) is 0 Å². The molecule has 0 aromatic heterocycles. The number of nitrogens with zero attached hydrogens (tertiary/aromatic N) is 3. The lowest BCUT2D eigenvalue weighted by Gasteiger charge is -2.38. The highest BCUT2D eigenvalue weighted by Gasteiger charge is 2.45. The highest BCUT2D eigenvalue weighted by atomic mass is 35.5. The first-order chi connectivity index (χ1) is 30.8. The Labute approximate surface area is 382 Å². The Morgan fingerprint density at radius 3 is 1.34 bits per heavy atom. The van der Waals surface area contributed by atoms with Crippen LogP contribution in [0.2, 0.25) is 0 Å². The van der Waals surface area contributed by atoms with Crippen molar-refractivity contribution in [3.05, 3.63) is 119 Å². The predicted octanol–water partition coefficient (Wildman–Crippen LogP) is 9.58. The molecule has 4 aromatic carbocycles. The van der Waals surface area contributed by atoms with Gasteiger partial charge in [-0.25, -0.2) is 16.8 Å². The van der Waals surface area contributed by atoms with E-state index in [4.69, 9.17) is 21.1 Å². The fourth-order valence-electron chi connectivity index (χ4n) is 8.05. The molecule has 2 aliphatic heterocycles. The van der Waals surface area contributed by atoms with Crippen LogP contribution in [0, 0.1) is 0 Å². The molecule has 4 fully saturated rings. The zero-order valence-electron chi connectivity index (χ0n) is 36.2. The Hall–Kier alpha value is -3.91. The number of halogens is 7. The van der Waals surface area contributed by atoms with E-state index in [2.05, 4.69) is 10.2 Å². The third-order valence-corrected chi connectivity index (χ3v) is 16.1. The van der Waals surface area contributed by atoms with E-state index in [1.807, 2.05) is 48.5 Å². The second-order valence-corrected chi connectivity index (χ2v) is 20.5. The minimum Gasteiger partial charge on any atom is -0.497 e. The maximum absolute atomic E-state index is 13.4. The molecule has 0 bridgehead atoms. The van der Waals surface area contributed by atoms with Crippen LogP contribution >= 0.6 is 11.6 Å². The van der Waals surface area contributed by atoms with Crippen molar-refractivity contribution in [3.63, 3.8) is 0 Å². The second-order valence-electron chi connectivity index (χ2n) is 16.5. The fraction of sp³-hybridized carbons (Fsp3) is 0.478. The average Bonchev–Trinajstić information content (AvgIpc) is 4.26. The quantitative estimate of drug-likeness (QED) is 0.104. The molecule has 4 aromatic rings. The smallest absolute Gasteiger partial charge is 0.416 e. The van der Waals surface area contributed by atoms with E-state index >= 15 is 0 Å². The molecule has 0 radical (unpaired) electrons. The molecule has 10 nitrogen and oxygen atoms in total. The first kappa shape index (κ1) is 50.5. The van der Waals surface area contributed by atoms with Crippen LogP contribution < -0.4 is 14.8 Å². The number of ether oxygens (including phenoxy) is 2. The summed E-state index contributed by atoms with van der Waals surface area (Å²) in [4.78, 5) is 1.73. The SMILES string of the molecule is COc1ccc(CCl)cc1.COc1ccc(CN2CCC(N(C3CC3)S(=O)(=O)c3cccc(C(F)(F)F)c3)CC2)cc1.O=S(=O)(c1cccc(C(F)(F)F)c1)N(C1CCNCC1)C1CC1. The number of methoxy groups -OCH3 is 2. The fourth-order valence-corrected chi connectivity index (χ4v) is 12.2. The van der Waals surface area contributed by atoms with Crippen molar-refractivity contribution < 1.29 is 52.7 Å². The van der Waals surface area contributed by atoms with Gasteiger partial charge in [-0.3, -0.25) is 4.90 Å². The summed E-state index contributed by atoms with van der Waals surface area (Å²) in [5, 5.41) is 3.18. The molecule has 0 amide bonds. The first-order valence-electron chi connectivity index (χ1n) is 21.5. The van der Waals surface area contributed by atoms with Gasteiger partial charge in [-0.05, 0) is 136 Å². The third-order valence-electron chi connectivity index (χ3n) is 11.8. The number of hydrogen-bond acceptors (Lipinski definition) is 8. The number of rotatable bonds is 13. The summed E-state index contributed by atoms with van der Waals surface area (Å²) >= 11 is 5.58. The Morgan fingerprint density at radius 2 is 0.969 bits per heavy atom. The number of sulfonamides is 2. The van der Waals surface area contributed by atoms with E-state index in [9.17, 15) is 43.2 Å². The summed E-state index contributed by atoms with van der Waals surface area (Å²) in [5.74, 6) is 2.23. The van der Waals surface area contributed by atoms with Crippen molar-refractivity contribution in [1.82, 2.24) is 18.8 Å². The van der Waals surface area contributed by atoms with E-state index in [0.29, 0.717) is 31.6 Å². The van der Waals surface area contributed by atoms with Crippen LogP contribution in [-0.2, 0) is 44.8 Å². The lowest BCUT2D eigenvalue weighted by Crippen LogP contribution is -2.48. The van der Waals surface area contributed by atoms with Crippen molar-refractivity contribution in [1.29, 1.82) is 0 Å². The molecular formula is C46H55ClF6N4O6S2. The molecule has 0 unspecified atom stereocenters. The molecule has 0 spiro atoms. The van der Waals surface area contributed by atoms with Gasteiger partial charge in [0.2, 0.25) is 20.0 Å². The molecule has 8 rings (SSSR count). The van der Waals surface area contributed by atoms with Crippen molar-refractivity contribution >= 4 is 31.6 Å². The molecule has 2 heterocycles.